The van der Waals surface area contributed by atoms with Crippen molar-refractivity contribution >= 4 is 0 Å². The van der Waals surface area contributed by atoms with E-state index >= 15 is 0 Å². The SMILES string of the molecule is CCC1(CC)CC(N2CCC(N)CC2)CCO1. The van der Waals surface area contributed by atoms with Crippen molar-refractivity contribution in [1.29, 1.82) is 0 Å². The second-order valence-corrected chi connectivity index (χ2v) is 5.76. The Morgan fingerprint density at radius 3 is 2.41 bits per heavy atom. The number of hydrogen-bond acceptors (Lipinski definition) is 3. The fourth-order valence-electron chi connectivity index (χ4n) is 3.34. The van der Waals surface area contributed by atoms with Gasteiger partial charge in [-0.2, -0.15) is 0 Å². The number of hydrogen-bond donors (Lipinski definition) is 1. The van der Waals surface area contributed by atoms with Gasteiger partial charge in [0.2, 0.25) is 0 Å². The van der Waals surface area contributed by atoms with Crippen molar-refractivity contribution in [1.82, 2.24) is 4.90 Å². The van der Waals surface area contributed by atoms with Gasteiger partial charge in [0.1, 0.15) is 0 Å². The number of nitrogens with zero attached hydrogens (tertiary/aromatic N) is 1. The summed E-state index contributed by atoms with van der Waals surface area (Å²) in [6.07, 6.45) is 7.05. The van der Waals surface area contributed by atoms with Crippen molar-refractivity contribution in [3.8, 4) is 0 Å². The Morgan fingerprint density at radius 2 is 1.82 bits per heavy atom. The van der Waals surface area contributed by atoms with E-state index in [0.717, 1.165) is 25.5 Å². The van der Waals surface area contributed by atoms with Gasteiger partial charge in [0.05, 0.1) is 5.60 Å². The number of rotatable bonds is 3. The van der Waals surface area contributed by atoms with Crippen molar-refractivity contribution in [3.05, 3.63) is 0 Å². The van der Waals surface area contributed by atoms with Crippen molar-refractivity contribution in [2.75, 3.05) is 19.7 Å². The lowest BCUT2D eigenvalue weighted by atomic mass is 9.84. The van der Waals surface area contributed by atoms with Crippen LogP contribution in [-0.2, 0) is 4.74 Å². The van der Waals surface area contributed by atoms with Gasteiger partial charge in [-0.25, -0.2) is 0 Å². The Labute approximate surface area is 106 Å². The van der Waals surface area contributed by atoms with Crippen LogP contribution < -0.4 is 5.73 Å². The largest absolute Gasteiger partial charge is 0.375 e. The Morgan fingerprint density at radius 1 is 1.18 bits per heavy atom. The molecule has 2 N–H and O–H groups in total. The standard InChI is InChI=1S/C14H28N2O/c1-3-14(4-2)11-13(7-10-17-14)16-8-5-12(15)6-9-16/h12-13H,3-11,15H2,1-2H3. The minimum absolute atomic E-state index is 0.155. The Balaban J connectivity index is 1.92. The highest BCUT2D eigenvalue weighted by Crippen LogP contribution is 2.34. The molecule has 2 heterocycles. The molecule has 0 saturated carbocycles. The smallest absolute Gasteiger partial charge is 0.0692 e. The van der Waals surface area contributed by atoms with Crippen molar-refractivity contribution in [2.24, 2.45) is 5.73 Å². The summed E-state index contributed by atoms with van der Waals surface area (Å²) in [5.74, 6) is 0. The molecule has 100 valence electrons. The van der Waals surface area contributed by atoms with E-state index in [2.05, 4.69) is 18.7 Å². The van der Waals surface area contributed by atoms with Gasteiger partial charge in [0, 0.05) is 18.7 Å². The molecule has 0 aromatic heterocycles. The average Bonchev–Trinajstić information content (AvgIpc) is 2.39. The number of ether oxygens (including phenoxy) is 1. The molecule has 0 aromatic carbocycles. The first-order chi connectivity index (χ1) is 8.19. The van der Waals surface area contributed by atoms with Crippen LogP contribution in [0.1, 0.15) is 52.4 Å². The summed E-state index contributed by atoms with van der Waals surface area (Å²) >= 11 is 0. The lowest BCUT2D eigenvalue weighted by molar-refractivity contribution is -0.112. The molecule has 1 atom stereocenters. The molecule has 3 heteroatoms. The van der Waals surface area contributed by atoms with E-state index in [1.54, 1.807) is 0 Å². The van der Waals surface area contributed by atoms with Gasteiger partial charge in [-0.3, -0.25) is 0 Å². The lowest BCUT2D eigenvalue weighted by Gasteiger charge is -2.45. The quantitative estimate of drug-likeness (QED) is 0.821. The fraction of sp³-hybridized carbons (Fsp3) is 1.00. The molecule has 3 nitrogen and oxygen atoms in total. The van der Waals surface area contributed by atoms with E-state index in [1.165, 1.54) is 38.8 Å². The topological polar surface area (TPSA) is 38.5 Å². The number of nitrogens with two attached hydrogens (primary N) is 1. The van der Waals surface area contributed by atoms with Gasteiger partial charge >= 0.3 is 0 Å². The molecule has 2 rings (SSSR count). The molecule has 2 aliphatic rings. The first-order valence-corrected chi connectivity index (χ1v) is 7.32. The van der Waals surface area contributed by atoms with Crippen LogP contribution in [0.4, 0.5) is 0 Å². The highest BCUT2D eigenvalue weighted by molar-refractivity contribution is 4.91. The zero-order valence-electron chi connectivity index (χ0n) is 11.5. The van der Waals surface area contributed by atoms with Gasteiger partial charge in [0.25, 0.3) is 0 Å². The molecule has 0 amide bonds. The Kier molecular flexibility index (Phi) is 4.45. The average molecular weight is 240 g/mol. The summed E-state index contributed by atoms with van der Waals surface area (Å²) in [5, 5.41) is 0. The molecule has 0 aliphatic carbocycles. The minimum atomic E-state index is 0.155. The molecule has 2 saturated heterocycles. The molecule has 2 aliphatic heterocycles. The first-order valence-electron chi connectivity index (χ1n) is 7.32. The number of likely N-dealkylation sites (tertiary alicyclic amines) is 1. The predicted octanol–water partition coefficient (Wildman–Crippen LogP) is 2.15. The predicted molar refractivity (Wildman–Crippen MR) is 71.1 cm³/mol. The van der Waals surface area contributed by atoms with Crippen LogP contribution >= 0.6 is 0 Å². The summed E-state index contributed by atoms with van der Waals surface area (Å²) in [4.78, 5) is 2.66. The second-order valence-electron chi connectivity index (χ2n) is 5.76. The molecule has 0 spiro atoms. The van der Waals surface area contributed by atoms with Gasteiger partial charge in [-0.05, 0) is 51.6 Å². The highest BCUT2D eigenvalue weighted by atomic mass is 16.5. The molecule has 0 aromatic rings. The van der Waals surface area contributed by atoms with Crippen LogP contribution in [0.3, 0.4) is 0 Å². The highest BCUT2D eigenvalue weighted by Gasteiger charge is 2.37. The summed E-state index contributed by atoms with van der Waals surface area (Å²) < 4.78 is 6.05. The fourth-order valence-corrected chi connectivity index (χ4v) is 3.34. The van der Waals surface area contributed by atoms with E-state index in [9.17, 15) is 0 Å². The summed E-state index contributed by atoms with van der Waals surface area (Å²) in [7, 11) is 0. The van der Waals surface area contributed by atoms with Crippen molar-refractivity contribution in [2.45, 2.75) is 70.1 Å². The third kappa shape index (κ3) is 3.01. The van der Waals surface area contributed by atoms with Crippen LogP contribution in [0.25, 0.3) is 0 Å². The second kappa shape index (κ2) is 5.68. The molecule has 0 radical (unpaired) electrons. The van der Waals surface area contributed by atoms with Crippen LogP contribution in [0, 0.1) is 0 Å². The maximum absolute atomic E-state index is 6.05. The van der Waals surface area contributed by atoms with Crippen LogP contribution in [0.5, 0.6) is 0 Å². The van der Waals surface area contributed by atoms with E-state index in [1.807, 2.05) is 0 Å². The molecular formula is C14H28N2O. The number of piperidine rings is 1. The summed E-state index contributed by atoms with van der Waals surface area (Å²) in [5.41, 5.74) is 6.14. The third-order valence-electron chi connectivity index (χ3n) is 4.85. The first kappa shape index (κ1) is 13.3. The van der Waals surface area contributed by atoms with Gasteiger partial charge < -0.3 is 15.4 Å². The monoisotopic (exact) mass is 240 g/mol. The molecule has 1 unspecified atom stereocenters. The van der Waals surface area contributed by atoms with Crippen LogP contribution in [-0.4, -0.2) is 42.3 Å². The Hall–Kier alpha value is -0.120. The molecule has 2 fully saturated rings. The molecular weight excluding hydrogens is 212 g/mol. The third-order valence-corrected chi connectivity index (χ3v) is 4.85. The van der Waals surface area contributed by atoms with E-state index < -0.39 is 0 Å². The zero-order chi connectivity index (χ0) is 12.3. The van der Waals surface area contributed by atoms with E-state index in [-0.39, 0.29) is 5.60 Å². The maximum Gasteiger partial charge on any atom is 0.0692 e. The zero-order valence-corrected chi connectivity index (χ0v) is 11.5. The van der Waals surface area contributed by atoms with Gasteiger partial charge in [0.15, 0.2) is 0 Å². The normalized spacial score (nSPS) is 31.6. The van der Waals surface area contributed by atoms with E-state index in [4.69, 9.17) is 10.5 Å². The van der Waals surface area contributed by atoms with Crippen molar-refractivity contribution in [3.63, 3.8) is 0 Å². The minimum Gasteiger partial charge on any atom is -0.375 e. The van der Waals surface area contributed by atoms with E-state index in [0.29, 0.717) is 6.04 Å². The molecule has 0 bridgehead atoms. The lowest BCUT2D eigenvalue weighted by Crippen LogP contribution is -2.51. The van der Waals surface area contributed by atoms with Gasteiger partial charge in [-0.1, -0.05) is 13.8 Å². The summed E-state index contributed by atoms with van der Waals surface area (Å²) in [6, 6.07) is 1.17. The maximum atomic E-state index is 6.05. The van der Waals surface area contributed by atoms with Gasteiger partial charge in [-0.15, -0.1) is 0 Å². The van der Waals surface area contributed by atoms with Crippen LogP contribution in [0.2, 0.25) is 0 Å². The summed E-state index contributed by atoms with van der Waals surface area (Å²) in [6.45, 7) is 7.84. The van der Waals surface area contributed by atoms with Crippen LogP contribution in [0.15, 0.2) is 0 Å². The van der Waals surface area contributed by atoms with Crippen molar-refractivity contribution < 1.29 is 4.74 Å². The molecule has 17 heavy (non-hydrogen) atoms. The Bertz CT molecular complexity index is 232.